The minimum absolute atomic E-state index is 0.0619. The van der Waals surface area contributed by atoms with Gasteiger partial charge < -0.3 is 9.84 Å². The molecule has 1 N–H and O–H groups in total. The van der Waals surface area contributed by atoms with Crippen LogP contribution in [0.3, 0.4) is 0 Å². The Morgan fingerprint density at radius 3 is 2.56 bits per heavy atom. The van der Waals surface area contributed by atoms with Gasteiger partial charge in [-0.3, -0.25) is 9.48 Å². The fourth-order valence-electron chi connectivity index (χ4n) is 2.89. The molecule has 0 fully saturated rings. The first kappa shape index (κ1) is 19.7. The second-order valence-electron chi connectivity index (χ2n) is 6.28. The van der Waals surface area contributed by atoms with Crippen molar-refractivity contribution < 1.29 is 9.32 Å². The number of benzene rings is 1. The molecule has 0 saturated carbocycles. The van der Waals surface area contributed by atoms with Crippen LogP contribution in [0, 0.1) is 20.8 Å². The van der Waals surface area contributed by atoms with E-state index >= 15 is 0 Å². The number of anilines is 1. The third-order valence-corrected chi connectivity index (χ3v) is 5.76. The minimum Gasteiger partial charge on any atom is -0.361 e. The Morgan fingerprint density at radius 2 is 1.93 bits per heavy atom. The van der Waals surface area contributed by atoms with Gasteiger partial charge >= 0.3 is 0 Å². The molecule has 0 bridgehead atoms. The van der Waals surface area contributed by atoms with E-state index in [1.165, 1.54) is 11.8 Å². The van der Waals surface area contributed by atoms with Crippen molar-refractivity contribution in [3.8, 4) is 11.1 Å². The average molecular weight is 449 g/mol. The number of hydrogen-bond donors (Lipinski definition) is 1. The number of rotatable bonds is 6. The van der Waals surface area contributed by atoms with Crippen molar-refractivity contribution >= 4 is 39.4 Å². The summed E-state index contributed by atoms with van der Waals surface area (Å²) in [6.45, 7) is 5.74. The highest BCUT2D eigenvalue weighted by Gasteiger charge is 2.18. The summed E-state index contributed by atoms with van der Waals surface area (Å²) in [6.07, 6.45) is 0. The third kappa shape index (κ3) is 4.44. The molecule has 0 radical (unpaired) electrons. The number of halogens is 1. The summed E-state index contributed by atoms with van der Waals surface area (Å²) in [5.74, 6) is 2.48. The molecule has 6 nitrogen and oxygen atoms in total. The first-order valence-corrected chi connectivity index (χ1v) is 10.4. The lowest BCUT2D eigenvalue weighted by Gasteiger charge is -2.09. The molecule has 1 amide bonds. The number of nitrogens with zero attached hydrogens (tertiary/aromatic N) is 3. The maximum absolute atomic E-state index is 12.5. The highest BCUT2D eigenvalue weighted by Crippen LogP contribution is 2.32. The number of carbonyl (C=O) groups is 1. The van der Waals surface area contributed by atoms with E-state index in [4.69, 9.17) is 4.52 Å². The van der Waals surface area contributed by atoms with E-state index in [-0.39, 0.29) is 5.91 Å². The van der Waals surface area contributed by atoms with Crippen LogP contribution >= 0.6 is 27.7 Å². The minimum atomic E-state index is -0.0619. The maximum Gasteiger partial charge on any atom is 0.235 e. The number of aromatic nitrogens is 3. The van der Waals surface area contributed by atoms with Gasteiger partial charge in [-0.05, 0) is 38.5 Å². The van der Waals surface area contributed by atoms with Crippen molar-refractivity contribution in [3.05, 3.63) is 51.4 Å². The Morgan fingerprint density at radius 1 is 1.22 bits per heavy atom. The molecule has 1 aromatic carbocycles. The van der Waals surface area contributed by atoms with Crippen LogP contribution < -0.4 is 5.32 Å². The molecule has 8 heteroatoms. The predicted octanol–water partition coefficient (Wildman–Crippen LogP) is 4.63. The van der Waals surface area contributed by atoms with Crippen LogP contribution in [0.5, 0.6) is 0 Å². The van der Waals surface area contributed by atoms with Gasteiger partial charge in [0.1, 0.15) is 11.6 Å². The fourth-order valence-corrected chi connectivity index (χ4v) is 4.13. The third-order valence-electron chi connectivity index (χ3n) is 4.27. The molecular weight excluding hydrogens is 428 g/mol. The lowest BCUT2D eigenvalue weighted by atomic mass is 10.1. The van der Waals surface area contributed by atoms with Crippen LogP contribution in [0.1, 0.15) is 22.7 Å². The van der Waals surface area contributed by atoms with Crippen molar-refractivity contribution in [3.63, 3.8) is 0 Å². The average Bonchev–Trinajstić information content (AvgIpc) is 3.08. The molecule has 0 aliphatic rings. The Balaban J connectivity index is 1.70. The van der Waals surface area contributed by atoms with Gasteiger partial charge in [-0.2, -0.15) is 5.10 Å². The topological polar surface area (TPSA) is 73.0 Å². The summed E-state index contributed by atoms with van der Waals surface area (Å²) in [4.78, 5) is 12.5. The zero-order valence-electron chi connectivity index (χ0n) is 15.7. The molecule has 0 aliphatic carbocycles. The molecule has 3 aromatic rings. The van der Waals surface area contributed by atoms with E-state index < -0.39 is 0 Å². The van der Waals surface area contributed by atoms with Crippen molar-refractivity contribution in [2.75, 3.05) is 11.1 Å². The normalized spacial score (nSPS) is 11.0. The standard InChI is InChI=1S/C19H21BrN4O2S/c1-11-16(13(3)26-23-11)9-27-10-17(25)21-19-18(12(2)22-24(19)4)14-5-7-15(20)8-6-14/h5-8H,9-10H2,1-4H3,(H,21,25). The summed E-state index contributed by atoms with van der Waals surface area (Å²) in [6, 6.07) is 7.98. The van der Waals surface area contributed by atoms with Gasteiger partial charge in [-0.25, -0.2) is 0 Å². The number of thioether (sulfide) groups is 1. The molecular formula is C19H21BrN4O2S. The number of carbonyl (C=O) groups excluding carboxylic acids is 1. The summed E-state index contributed by atoms with van der Waals surface area (Å²) in [5, 5.41) is 11.4. The predicted molar refractivity (Wildman–Crippen MR) is 112 cm³/mol. The number of nitrogens with one attached hydrogen (secondary N) is 1. The Hall–Kier alpha value is -2.06. The van der Waals surface area contributed by atoms with Crippen LogP contribution in [-0.4, -0.2) is 26.6 Å². The number of amides is 1. The molecule has 0 atom stereocenters. The quantitative estimate of drug-likeness (QED) is 0.594. The second-order valence-corrected chi connectivity index (χ2v) is 8.18. The van der Waals surface area contributed by atoms with Gasteiger partial charge in [0.25, 0.3) is 0 Å². The number of hydrogen-bond acceptors (Lipinski definition) is 5. The van der Waals surface area contributed by atoms with Crippen LogP contribution in [0.4, 0.5) is 5.82 Å². The Labute approximate surface area is 170 Å². The van der Waals surface area contributed by atoms with E-state index in [1.807, 2.05) is 52.1 Å². The first-order chi connectivity index (χ1) is 12.9. The summed E-state index contributed by atoms with van der Waals surface area (Å²) in [7, 11) is 1.84. The lowest BCUT2D eigenvalue weighted by molar-refractivity contribution is -0.113. The largest absolute Gasteiger partial charge is 0.361 e. The van der Waals surface area contributed by atoms with Gasteiger partial charge in [0.2, 0.25) is 5.91 Å². The van der Waals surface area contributed by atoms with Crippen LogP contribution in [0.25, 0.3) is 11.1 Å². The molecule has 2 heterocycles. The molecule has 27 heavy (non-hydrogen) atoms. The van der Waals surface area contributed by atoms with E-state index in [0.29, 0.717) is 17.3 Å². The highest BCUT2D eigenvalue weighted by atomic mass is 79.9. The SMILES string of the molecule is Cc1noc(C)c1CSCC(=O)Nc1c(-c2ccc(Br)cc2)c(C)nn1C. The van der Waals surface area contributed by atoms with E-state index in [2.05, 4.69) is 31.5 Å². The van der Waals surface area contributed by atoms with Crippen molar-refractivity contribution in [1.82, 2.24) is 14.9 Å². The van der Waals surface area contributed by atoms with E-state index in [0.717, 1.165) is 38.3 Å². The van der Waals surface area contributed by atoms with Crippen LogP contribution in [0.2, 0.25) is 0 Å². The smallest absolute Gasteiger partial charge is 0.235 e. The van der Waals surface area contributed by atoms with Crippen molar-refractivity contribution in [2.24, 2.45) is 7.05 Å². The second kappa shape index (κ2) is 8.31. The van der Waals surface area contributed by atoms with Gasteiger partial charge in [0, 0.05) is 28.4 Å². The molecule has 0 spiro atoms. The maximum atomic E-state index is 12.5. The Bertz CT molecular complexity index is 943. The van der Waals surface area contributed by atoms with Gasteiger partial charge in [-0.15, -0.1) is 11.8 Å². The monoisotopic (exact) mass is 448 g/mol. The van der Waals surface area contributed by atoms with Crippen molar-refractivity contribution in [2.45, 2.75) is 26.5 Å². The zero-order chi connectivity index (χ0) is 19.6. The summed E-state index contributed by atoms with van der Waals surface area (Å²) < 4.78 is 7.88. The first-order valence-electron chi connectivity index (χ1n) is 8.45. The van der Waals surface area contributed by atoms with Gasteiger partial charge in [0.15, 0.2) is 0 Å². The van der Waals surface area contributed by atoms with Gasteiger partial charge in [-0.1, -0.05) is 33.2 Å². The lowest BCUT2D eigenvalue weighted by Crippen LogP contribution is -2.17. The molecule has 0 saturated heterocycles. The van der Waals surface area contributed by atoms with E-state index in [1.54, 1.807) is 4.68 Å². The molecule has 3 rings (SSSR count). The summed E-state index contributed by atoms with van der Waals surface area (Å²) >= 11 is 4.99. The van der Waals surface area contributed by atoms with Crippen LogP contribution in [0.15, 0.2) is 33.3 Å². The van der Waals surface area contributed by atoms with Crippen LogP contribution in [-0.2, 0) is 17.6 Å². The molecule has 0 aliphatic heterocycles. The summed E-state index contributed by atoms with van der Waals surface area (Å²) in [5.41, 5.74) is 4.76. The molecule has 142 valence electrons. The zero-order valence-corrected chi connectivity index (χ0v) is 18.1. The van der Waals surface area contributed by atoms with E-state index in [9.17, 15) is 4.79 Å². The highest BCUT2D eigenvalue weighted by molar-refractivity contribution is 9.10. The van der Waals surface area contributed by atoms with Crippen molar-refractivity contribution in [1.29, 1.82) is 0 Å². The molecule has 0 unspecified atom stereocenters. The Kier molecular flexibility index (Phi) is 6.06. The van der Waals surface area contributed by atoms with Gasteiger partial charge in [0.05, 0.1) is 17.1 Å². The molecule has 2 aromatic heterocycles. The fraction of sp³-hybridized carbons (Fsp3) is 0.316. The number of aryl methyl sites for hydroxylation is 4.